The molecule has 0 bridgehead atoms. The van der Waals surface area contributed by atoms with E-state index in [2.05, 4.69) is 15.5 Å². The third-order valence-electron chi connectivity index (χ3n) is 3.54. The van der Waals surface area contributed by atoms with Crippen LogP contribution in [0.4, 0.5) is 5.69 Å². The van der Waals surface area contributed by atoms with E-state index in [4.69, 9.17) is 4.74 Å². The number of aryl methyl sites for hydroxylation is 2. The van der Waals surface area contributed by atoms with E-state index in [-0.39, 0.29) is 11.4 Å². The Kier molecular flexibility index (Phi) is 5.81. The molecule has 0 aliphatic heterocycles. The molecule has 0 unspecified atom stereocenters. The SMILES string of the molecule is CCOc1ccc(NC(=O)CN(C)S(=O)(=O)c2c(C)n[nH]c2C)cc1. The molecule has 1 heterocycles. The average molecular weight is 366 g/mol. The number of benzene rings is 1. The Morgan fingerprint density at radius 1 is 1.28 bits per heavy atom. The minimum absolute atomic E-state index is 0.101. The molecule has 136 valence electrons. The summed E-state index contributed by atoms with van der Waals surface area (Å²) in [5.41, 5.74) is 1.38. The summed E-state index contributed by atoms with van der Waals surface area (Å²) < 4.78 is 31.5. The van der Waals surface area contributed by atoms with Crippen LogP contribution in [0.2, 0.25) is 0 Å². The van der Waals surface area contributed by atoms with Crippen LogP contribution >= 0.6 is 0 Å². The Morgan fingerprint density at radius 2 is 1.92 bits per heavy atom. The van der Waals surface area contributed by atoms with E-state index in [0.29, 0.717) is 29.4 Å². The zero-order chi connectivity index (χ0) is 18.6. The van der Waals surface area contributed by atoms with Crippen LogP contribution in [0, 0.1) is 13.8 Å². The summed E-state index contributed by atoms with van der Waals surface area (Å²) in [6, 6.07) is 6.86. The van der Waals surface area contributed by atoms with Crippen LogP contribution in [0.5, 0.6) is 5.75 Å². The summed E-state index contributed by atoms with van der Waals surface area (Å²) in [4.78, 5) is 12.2. The highest BCUT2D eigenvalue weighted by Crippen LogP contribution is 2.20. The van der Waals surface area contributed by atoms with E-state index in [9.17, 15) is 13.2 Å². The molecule has 8 nitrogen and oxygen atoms in total. The van der Waals surface area contributed by atoms with Crippen LogP contribution < -0.4 is 10.1 Å². The number of likely N-dealkylation sites (N-methyl/N-ethyl adjacent to an activating group) is 1. The number of H-pyrrole nitrogens is 1. The van der Waals surface area contributed by atoms with Crippen molar-refractivity contribution in [2.75, 3.05) is 25.5 Å². The number of rotatable bonds is 7. The van der Waals surface area contributed by atoms with Gasteiger partial charge in [0.15, 0.2) is 0 Å². The lowest BCUT2D eigenvalue weighted by atomic mass is 10.3. The number of carbonyl (C=O) groups excluding carboxylic acids is 1. The number of amides is 1. The normalized spacial score (nSPS) is 11.6. The van der Waals surface area contributed by atoms with Gasteiger partial charge in [-0.25, -0.2) is 8.42 Å². The molecule has 2 rings (SSSR count). The fourth-order valence-electron chi connectivity index (χ4n) is 2.37. The molecule has 1 aromatic carbocycles. The standard InChI is InChI=1S/C16H22N4O4S/c1-5-24-14-8-6-13(7-9-14)17-15(21)10-20(4)25(22,23)16-11(2)18-19-12(16)3/h6-9H,5,10H2,1-4H3,(H,17,21)(H,18,19). The number of aromatic nitrogens is 2. The van der Waals surface area contributed by atoms with Crippen molar-refractivity contribution < 1.29 is 17.9 Å². The minimum Gasteiger partial charge on any atom is -0.494 e. The molecule has 1 amide bonds. The first-order valence-corrected chi connectivity index (χ1v) is 9.20. The maximum absolute atomic E-state index is 12.6. The molecule has 1 aromatic heterocycles. The fraction of sp³-hybridized carbons (Fsp3) is 0.375. The molecule has 0 spiro atoms. The monoisotopic (exact) mass is 366 g/mol. The van der Waals surface area contributed by atoms with Gasteiger partial charge in [0, 0.05) is 12.7 Å². The molecule has 0 aliphatic rings. The highest BCUT2D eigenvalue weighted by atomic mass is 32.2. The third-order valence-corrected chi connectivity index (χ3v) is 5.61. The Bertz CT molecular complexity index is 824. The van der Waals surface area contributed by atoms with Crippen LogP contribution in [0.25, 0.3) is 0 Å². The number of hydrogen-bond acceptors (Lipinski definition) is 5. The van der Waals surface area contributed by atoms with E-state index in [1.165, 1.54) is 7.05 Å². The van der Waals surface area contributed by atoms with Crippen LogP contribution in [-0.4, -0.2) is 49.0 Å². The van der Waals surface area contributed by atoms with E-state index in [0.717, 1.165) is 4.31 Å². The molecule has 0 radical (unpaired) electrons. The summed E-state index contributed by atoms with van der Waals surface area (Å²) in [5.74, 6) is 0.264. The van der Waals surface area contributed by atoms with Gasteiger partial charge in [-0.3, -0.25) is 9.89 Å². The molecule has 2 aromatic rings. The van der Waals surface area contributed by atoms with Crippen molar-refractivity contribution in [2.24, 2.45) is 0 Å². The molecule has 25 heavy (non-hydrogen) atoms. The van der Waals surface area contributed by atoms with Crippen molar-refractivity contribution in [2.45, 2.75) is 25.7 Å². The van der Waals surface area contributed by atoms with Crippen LogP contribution in [0.1, 0.15) is 18.3 Å². The quantitative estimate of drug-likeness (QED) is 0.776. The number of carbonyl (C=O) groups is 1. The highest BCUT2D eigenvalue weighted by Gasteiger charge is 2.28. The third kappa shape index (κ3) is 4.37. The maximum atomic E-state index is 12.6. The lowest BCUT2D eigenvalue weighted by Crippen LogP contribution is -2.35. The van der Waals surface area contributed by atoms with Crippen LogP contribution in [-0.2, 0) is 14.8 Å². The molecule has 0 atom stereocenters. The Hall–Kier alpha value is -2.39. The summed E-state index contributed by atoms with van der Waals surface area (Å²) in [6.07, 6.45) is 0. The number of ether oxygens (including phenoxy) is 1. The number of anilines is 1. The van der Waals surface area contributed by atoms with Gasteiger partial charge in [-0.05, 0) is 45.0 Å². The number of nitrogens with one attached hydrogen (secondary N) is 2. The molecular formula is C16H22N4O4S. The summed E-state index contributed by atoms with van der Waals surface area (Å²) in [7, 11) is -2.44. The first-order chi connectivity index (χ1) is 11.8. The second-order valence-corrected chi connectivity index (χ2v) is 7.51. The van der Waals surface area contributed by atoms with Gasteiger partial charge in [0.05, 0.1) is 24.5 Å². The summed E-state index contributed by atoms with van der Waals surface area (Å²) in [5, 5.41) is 9.19. The van der Waals surface area contributed by atoms with Gasteiger partial charge in [-0.2, -0.15) is 9.40 Å². The Morgan fingerprint density at radius 3 is 2.44 bits per heavy atom. The largest absolute Gasteiger partial charge is 0.494 e. The topological polar surface area (TPSA) is 104 Å². The lowest BCUT2D eigenvalue weighted by Gasteiger charge is -2.17. The predicted octanol–water partition coefficient (Wildman–Crippen LogP) is 1.68. The van der Waals surface area contributed by atoms with Gasteiger partial charge < -0.3 is 10.1 Å². The fourth-order valence-corrected chi connectivity index (χ4v) is 3.82. The average Bonchev–Trinajstić information content (AvgIpc) is 2.88. The summed E-state index contributed by atoms with van der Waals surface area (Å²) >= 11 is 0. The van der Waals surface area contributed by atoms with Crippen molar-refractivity contribution in [1.29, 1.82) is 0 Å². The van der Waals surface area contributed by atoms with Crippen LogP contribution in [0.15, 0.2) is 29.2 Å². The van der Waals surface area contributed by atoms with Gasteiger partial charge in [-0.1, -0.05) is 0 Å². The zero-order valence-electron chi connectivity index (χ0n) is 14.7. The lowest BCUT2D eigenvalue weighted by molar-refractivity contribution is -0.116. The first-order valence-electron chi connectivity index (χ1n) is 7.76. The number of sulfonamides is 1. The van der Waals surface area contributed by atoms with Crippen molar-refractivity contribution in [3.8, 4) is 5.75 Å². The Balaban J connectivity index is 2.04. The van der Waals surface area contributed by atoms with Gasteiger partial charge >= 0.3 is 0 Å². The molecule has 2 N–H and O–H groups in total. The van der Waals surface area contributed by atoms with E-state index < -0.39 is 15.9 Å². The number of aromatic amines is 1. The molecule has 0 saturated heterocycles. The number of hydrogen-bond donors (Lipinski definition) is 2. The molecule has 0 fully saturated rings. The second-order valence-electron chi connectivity index (χ2n) is 5.53. The first kappa shape index (κ1) is 18.9. The van der Waals surface area contributed by atoms with Crippen molar-refractivity contribution in [3.05, 3.63) is 35.7 Å². The van der Waals surface area contributed by atoms with Gasteiger partial charge in [0.25, 0.3) is 0 Å². The van der Waals surface area contributed by atoms with Gasteiger partial charge in [0.2, 0.25) is 15.9 Å². The van der Waals surface area contributed by atoms with Crippen molar-refractivity contribution >= 4 is 21.6 Å². The molecule has 0 aliphatic carbocycles. The maximum Gasteiger partial charge on any atom is 0.246 e. The molecule has 0 saturated carbocycles. The molecule has 9 heteroatoms. The van der Waals surface area contributed by atoms with Gasteiger partial charge in [0.1, 0.15) is 10.6 Å². The highest BCUT2D eigenvalue weighted by molar-refractivity contribution is 7.89. The minimum atomic E-state index is -3.80. The predicted molar refractivity (Wildman–Crippen MR) is 94.1 cm³/mol. The smallest absolute Gasteiger partial charge is 0.246 e. The van der Waals surface area contributed by atoms with E-state index in [1.54, 1.807) is 38.1 Å². The molecular weight excluding hydrogens is 344 g/mol. The van der Waals surface area contributed by atoms with Crippen molar-refractivity contribution in [1.82, 2.24) is 14.5 Å². The second kappa shape index (κ2) is 7.66. The number of nitrogens with zero attached hydrogens (tertiary/aromatic N) is 2. The Labute approximate surface area is 147 Å². The van der Waals surface area contributed by atoms with E-state index >= 15 is 0 Å². The van der Waals surface area contributed by atoms with E-state index in [1.807, 2.05) is 6.92 Å². The summed E-state index contributed by atoms with van der Waals surface area (Å²) in [6.45, 7) is 5.36. The van der Waals surface area contributed by atoms with Crippen molar-refractivity contribution in [3.63, 3.8) is 0 Å². The zero-order valence-corrected chi connectivity index (χ0v) is 15.5. The van der Waals surface area contributed by atoms with Gasteiger partial charge in [-0.15, -0.1) is 0 Å². The van der Waals surface area contributed by atoms with Crippen LogP contribution in [0.3, 0.4) is 0 Å².